The fourth-order valence-electron chi connectivity index (χ4n) is 0.633. The van der Waals surface area contributed by atoms with Crippen molar-refractivity contribution in [3.05, 3.63) is 17.9 Å². The first kappa shape index (κ1) is 5.55. The van der Waals surface area contributed by atoms with Gasteiger partial charge in [-0.3, -0.25) is 0 Å². The van der Waals surface area contributed by atoms with Gasteiger partial charge in [0.05, 0.1) is 0 Å². The zero-order valence-corrected chi connectivity index (χ0v) is 5.72. The summed E-state index contributed by atoms with van der Waals surface area (Å²) in [6.07, 6.45) is 4.31. The number of aromatic nitrogens is 4. The Balaban J connectivity index is 2.48. The van der Waals surface area contributed by atoms with Crippen molar-refractivity contribution in [1.29, 1.82) is 0 Å². The predicted octanol–water partition coefficient (Wildman–Crippen LogP) is 0.728. The van der Waals surface area contributed by atoms with Gasteiger partial charge >= 0.3 is 0 Å². The lowest BCUT2D eigenvalue weighted by Crippen LogP contribution is -1.75. The molecule has 0 aromatic carbocycles. The van der Waals surface area contributed by atoms with Crippen molar-refractivity contribution in [2.24, 2.45) is 0 Å². The number of hydrogen-bond donors (Lipinski definition) is 1. The van der Waals surface area contributed by atoms with Crippen LogP contribution in [0.25, 0.3) is 11.4 Å². The van der Waals surface area contributed by atoms with Crippen LogP contribution in [0.15, 0.2) is 11.6 Å². The summed E-state index contributed by atoms with van der Waals surface area (Å²) in [7, 11) is 0. The number of nitrogens with one attached hydrogen (secondary N) is 1. The van der Waals surface area contributed by atoms with Crippen molar-refractivity contribution in [3.63, 3.8) is 0 Å². The molecule has 2 rings (SSSR count). The van der Waals surface area contributed by atoms with Crippen LogP contribution in [0.1, 0.15) is 0 Å². The monoisotopic (exact) mass is 151 g/mol. The Hall–Kier alpha value is -1.23. The average molecular weight is 151 g/mol. The highest BCUT2D eigenvalue weighted by molar-refractivity contribution is 7.03. The maximum Gasteiger partial charge on any atom is 0.174 e. The highest BCUT2D eigenvalue weighted by Crippen LogP contribution is 2.11. The second-order valence-corrected chi connectivity index (χ2v) is 2.30. The molecular formula is C5H3N4S. The Morgan fingerprint density at radius 3 is 3.10 bits per heavy atom. The van der Waals surface area contributed by atoms with E-state index in [0.717, 1.165) is 11.4 Å². The summed E-state index contributed by atoms with van der Waals surface area (Å²) in [5.74, 6) is 0. The minimum Gasteiger partial charge on any atom is -0.341 e. The van der Waals surface area contributed by atoms with Gasteiger partial charge in [-0.05, 0) is 11.5 Å². The molecule has 2 aromatic rings. The van der Waals surface area contributed by atoms with Gasteiger partial charge in [-0.15, -0.1) is 5.10 Å². The molecule has 1 N–H and O–H groups in total. The minimum atomic E-state index is 0.786. The molecule has 0 fully saturated rings. The van der Waals surface area contributed by atoms with Gasteiger partial charge in [0.1, 0.15) is 11.4 Å². The van der Waals surface area contributed by atoms with Crippen molar-refractivity contribution in [3.8, 4) is 11.4 Å². The van der Waals surface area contributed by atoms with E-state index in [0.29, 0.717) is 0 Å². The van der Waals surface area contributed by atoms with Crippen LogP contribution in [0, 0.1) is 6.33 Å². The number of nitrogens with zero attached hydrogens (tertiary/aromatic N) is 3. The quantitative estimate of drug-likeness (QED) is 0.653. The molecule has 5 heteroatoms. The van der Waals surface area contributed by atoms with Gasteiger partial charge in [-0.1, -0.05) is 4.49 Å². The molecule has 2 heterocycles. The molecule has 0 spiro atoms. The van der Waals surface area contributed by atoms with Gasteiger partial charge in [0, 0.05) is 11.6 Å². The molecule has 0 amide bonds. The Morgan fingerprint density at radius 1 is 1.50 bits per heavy atom. The fourth-order valence-corrected chi connectivity index (χ4v) is 1.08. The molecule has 1 radical (unpaired) electrons. The standard InChI is InChI=1S/C5H3N4S/c1-4(7-3-6-1)5-2-10-9-8-5/h1-2H,(H,6,7). The van der Waals surface area contributed by atoms with Crippen LogP contribution in [0.2, 0.25) is 0 Å². The molecule has 2 aromatic heterocycles. The summed E-state index contributed by atoms with van der Waals surface area (Å²) in [5.41, 5.74) is 1.58. The maximum atomic E-state index is 3.88. The molecule has 0 bridgehead atoms. The van der Waals surface area contributed by atoms with Crippen molar-refractivity contribution in [2.45, 2.75) is 0 Å². The third-order valence-corrected chi connectivity index (χ3v) is 1.58. The Labute approximate surface area is 61.1 Å². The number of aromatic amines is 1. The first-order valence-corrected chi connectivity index (χ1v) is 3.49. The van der Waals surface area contributed by atoms with Crippen molar-refractivity contribution < 1.29 is 0 Å². The lowest BCUT2D eigenvalue weighted by atomic mass is 10.4. The second-order valence-electron chi connectivity index (χ2n) is 1.69. The molecule has 0 aliphatic carbocycles. The Kier molecular flexibility index (Phi) is 1.21. The summed E-state index contributed by atoms with van der Waals surface area (Å²) in [4.78, 5) is 6.60. The number of hydrogen-bond acceptors (Lipinski definition) is 4. The lowest BCUT2D eigenvalue weighted by molar-refractivity contribution is 1.15. The van der Waals surface area contributed by atoms with Crippen LogP contribution in [0.3, 0.4) is 0 Å². The van der Waals surface area contributed by atoms with E-state index in [4.69, 9.17) is 0 Å². The molecule has 0 aliphatic heterocycles. The van der Waals surface area contributed by atoms with Crippen LogP contribution in [-0.4, -0.2) is 19.6 Å². The summed E-state index contributed by atoms with van der Waals surface area (Å²) in [6, 6.07) is 0. The first-order chi connectivity index (χ1) is 4.97. The van der Waals surface area contributed by atoms with Crippen molar-refractivity contribution in [2.75, 3.05) is 0 Å². The smallest absolute Gasteiger partial charge is 0.174 e. The predicted molar refractivity (Wildman–Crippen MR) is 36.3 cm³/mol. The first-order valence-electron chi connectivity index (χ1n) is 2.66. The molecule has 0 saturated carbocycles. The second kappa shape index (κ2) is 2.18. The zero-order valence-electron chi connectivity index (χ0n) is 4.90. The van der Waals surface area contributed by atoms with E-state index < -0.39 is 0 Å². The van der Waals surface area contributed by atoms with E-state index in [-0.39, 0.29) is 0 Å². The van der Waals surface area contributed by atoms with E-state index in [2.05, 4.69) is 25.9 Å². The third-order valence-electron chi connectivity index (χ3n) is 1.07. The molecule has 49 valence electrons. The van der Waals surface area contributed by atoms with E-state index in [9.17, 15) is 0 Å². The SMILES string of the molecule is [c]1nc(-c2csnn2)c[nH]1. The maximum absolute atomic E-state index is 3.88. The van der Waals surface area contributed by atoms with Crippen molar-refractivity contribution in [1.82, 2.24) is 19.6 Å². The average Bonchev–Trinajstić information content (AvgIpc) is 2.59. The summed E-state index contributed by atoms with van der Waals surface area (Å²) in [5, 5.41) is 5.66. The molecule has 4 nitrogen and oxygen atoms in total. The minimum absolute atomic E-state index is 0.786. The van der Waals surface area contributed by atoms with Gasteiger partial charge in [0.15, 0.2) is 6.33 Å². The van der Waals surface area contributed by atoms with E-state index in [1.54, 1.807) is 6.20 Å². The number of H-pyrrole nitrogens is 1. The van der Waals surface area contributed by atoms with Crippen LogP contribution < -0.4 is 0 Å². The van der Waals surface area contributed by atoms with Gasteiger partial charge in [-0.2, -0.15) is 0 Å². The molecule has 0 aliphatic rings. The summed E-state index contributed by atoms with van der Waals surface area (Å²) >= 11 is 1.31. The topological polar surface area (TPSA) is 54.5 Å². The van der Waals surface area contributed by atoms with Crippen LogP contribution in [0.4, 0.5) is 0 Å². The highest BCUT2D eigenvalue weighted by Gasteiger charge is 2.00. The molecule has 0 atom stereocenters. The van der Waals surface area contributed by atoms with Gasteiger partial charge in [0.25, 0.3) is 0 Å². The van der Waals surface area contributed by atoms with E-state index in [1.807, 2.05) is 5.38 Å². The zero-order chi connectivity index (χ0) is 6.81. The normalized spacial score (nSPS) is 10.0. The van der Waals surface area contributed by atoms with Gasteiger partial charge in [0.2, 0.25) is 0 Å². The van der Waals surface area contributed by atoms with Crippen molar-refractivity contribution >= 4 is 11.5 Å². The summed E-state index contributed by atoms with van der Waals surface area (Å²) < 4.78 is 3.70. The fraction of sp³-hybridized carbons (Fsp3) is 0. The summed E-state index contributed by atoms with van der Waals surface area (Å²) in [6.45, 7) is 0. The molecular weight excluding hydrogens is 148 g/mol. The van der Waals surface area contributed by atoms with Crippen LogP contribution in [0.5, 0.6) is 0 Å². The van der Waals surface area contributed by atoms with E-state index >= 15 is 0 Å². The Morgan fingerprint density at radius 2 is 2.50 bits per heavy atom. The number of rotatable bonds is 1. The van der Waals surface area contributed by atoms with Crippen LogP contribution in [-0.2, 0) is 0 Å². The lowest BCUT2D eigenvalue weighted by Gasteiger charge is -1.80. The third kappa shape index (κ3) is 0.801. The van der Waals surface area contributed by atoms with Gasteiger partial charge in [-0.25, -0.2) is 4.98 Å². The Bertz CT molecular complexity index is 253. The van der Waals surface area contributed by atoms with E-state index in [1.165, 1.54) is 11.5 Å². The number of imidazole rings is 1. The van der Waals surface area contributed by atoms with Gasteiger partial charge < -0.3 is 4.98 Å². The van der Waals surface area contributed by atoms with Crippen LogP contribution >= 0.6 is 11.5 Å². The molecule has 0 saturated heterocycles. The largest absolute Gasteiger partial charge is 0.341 e. The molecule has 10 heavy (non-hydrogen) atoms. The molecule has 0 unspecified atom stereocenters. The highest BCUT2D eigenvalue weighted by atomic mass is 32.1.